The molecule has 1 fully saturated rings. The maximum absolute atomic E-state index is 14.0. The lowest BCUT2D eigenvalue weighted by atomic mass is 9.98. The summed E-state index contributed by atoms with van der Waals surface area (Å²) in [6.07, 6.45) is 0. The lowest BCUT2D eigenvalue weighted by Crippen LogP contribution is -2.56. The van der Waals surface area contributed by atoms with Gasteiger partial charge < -0.3 is 9.80 Å². The predicted octanol–water partition coefficient (Wildman–Crippen LogP) is 3.58. The van der Waals surface area contributed by atoms with Gasteiger partial charge in [-0.2, -0.15) is 0 Å². The molecule has 1 heterocycles. The zero-order valence-electron chi connectivity index (χ0n) is 15.7. The van der Waals surface area contributed by atoms with Gasteiger partial charge >= 0.3 is 0 Å². The maximum atomic E-state index is 14.0. The van der Waals surface area contributed by atoms with Crippen LogP contribution in [0.1, 0.15) is 35.7 Å². The fraction of sp³-hybridized carbons (Fsp3) is 0.333. The van der Waals surface area contributed by atoms with E-state index in [1.807, 2.05) is 0 Å². The molecular weight excluding hydrogens is 369 g/mol. The van der Waals surface area contributed by atoms with Gasteiger partial charge in [-0.1, -0.05) is 18.2 Å². The predicted molar refractivity (Wildman–Crippen MR) is 98.3 cm³/mol. The SMILES string of the molecule is CC(C(=O)N1CCN(C(=O)c2ccc(F)c(F)c2)[C@H](C)C1)c1ccccc1F. The average Bonchev–Trinajstić information content (AvgIpc) is 2.68. The second-order valence-corrected chi connectivity index (χ2v) is 7.00. The Labute approximate surface area is 161 Å². The summed E-state index contributed by atoms with van der Waals surface area (Å²) < 4.78 is 40.5. The van der Waals surface area contributed by atoms with Crippen molar-refractivity contribution in [2.75, 3.05) is 19.6 Å². The van der Waals surface area contributed by atoms with Crippen LogP contribution in [0.2, 0.25) is 0 Å². The quantitative estimate of drug-likeness (QED) is 0.804. The maximum Gasteiger partial charge on any atom is 0.254 e. The normalized spacial score (nSPS) is 18.1. The van der Waals surface area contributed by atoms with E-state index in [0.29, 0.717) is 5.56 Å². The average molecular weight is 390 g/mol. The Kier molecular flexibility index (Phi) is 5.72. The number of carbonyl (C=O) groups excluding carboxylic acids is 2. The third kappa shape index (κ3) is 3.88. The summed E-state index contributed by atoms with van der Waals surface area (Å²) in [5, 5.41) is 0. The molecule has 0 aliphatic carbocycles. The first-order chi connectivity index (χ1) is 13.3. The first kappa shape index (κ1) is 19.9. The molecule has 0 aromatic heterocycles. The topological polar surface area (TPSA) is 40.6 Å². The molecule has 148 valence electrons. The number of rotatable bonds is 3. The zero-order valence-corrected chi connectivity index (χ0v) is 15.7. The van der Waals surface area contributed by atoms with E-state index in [2.05, 4.69) is 0 Å². The van der Waals surface area contributed by atoms with E-state index in [1.165, 1.54) is 17.0 Å². The van der Waals surface area contributed by atoms with Crippen LogP contribution in [0.15, 0.2) is 42.5 Å². The molecule has 0 saturated carbocycles. The monoisotopic (exact) mass is 390 g/mol. The number of halogens is 3. The van der Waals surface area contributed by atoms with Crippen molar-refractivity contribution in [2.45, 2.75) is 25.8 Å². The molecule has 1 aliphatic heterocycles. The fourth-order valence-electron chi connectivity index (χ4n) is 3.49. The van der Waals surface area contributed by atoms with Crippen molar-refractivity contribution in [1.82, 2.24) is 9.80 Å². The summed E-state index contributed by atoms with van der Waals surface area (Å²) >= 11 is 0. The van der Waals surface area contributed by atoms with Crippen LogP contribution in [0.3, 0.4) is 0 Å². The third-order valence-electron chi connectivity index (χ3n) is 5.11. The minimum absolute atomic E-state index is 0.0604. The standard InChI is InChI=1S/C21H21F3N2O2/c1-13-12-25(20(27)14(2)16-5-3-4-6-17(16)22)9-10-26(13)21(28)15-7-8-18(23)19(24)11-15/h3-8,11,13-14H,9-10,12H2,1-2H3/t13-,14?/m1/s1. The molecule has 0 bridgehead atoms. The molecule has 0 spiro atoms. The molecule has 1 aliphatic rings. The summed E-state index contributed by atoms with van der Waals surface area (Å²) in [7, 11) is 0. The van der Waals surface area contributed by atoms with Crippen LogP contribution in [-0.4, -0.2) is 47.3 Å². The highest BCUT2D eigenvalue weighted by Crippen LogP contribution is 2.23. The Morgan fingerprint density at radius 1 is 1.00 bits per heavy atom. The third-order valence-corrected chi connectivity index (χ3v) is 5.11. The molecule has 0 N–H and O–H groups in total. The van der Waals surface area contributed by atoms with Crippen LogP contribution < -0.4 is 0 Å². The Morgan fingerprint density at radius 2 is 1.71 bits per heavy atom. The van der Waals surface area contributed by atoms with Crippen molar-refractivity contribution < 1.29 is 22.8 Å². The van der Waals surface area contributed by atoms with E-state index in [4.69, 9.17) is 0 Å². The van der Waals surface area contributed by atoms with E-state index in [1.54, 1.807) is 36.9 Å². The van der Waals surface area contributed by atoms with Gasteiger partial charge in [0.1, 0.15) is 5.82 Å². The van der Waals surface area contributed by atoms with Crippen LogP contribution in [0.5, 0.6) is 0 Å². The van der Waals surface area contributed by atoms with E-state index >= 15 is 0 Å². The summed E-state index contributed by atoms with van der Waals surface area (Å²) in [6, 6.07) is 8.89. The van der Waals surface area contributed by atoms with Gasteiger partial charge in [-0.3, -0.25) is 9.59 Å². The lowest BCUT2D eigenvalue weighted by molar-refractivity contribution is -0.134. The highest BCUT2D eigenvalue weighted by atomic mass is 19.2. The second-order valence-electron chi connectivity index (χ2n) is 7.00. The smallest absolute Gasteiger partial charge is 0.254 e. The van der Waals surface area contributed by atoms with Gasteiger partial charge in [-0.25, -0.2) is 13.2 Å². The van der Waals surface area contributed by atoms with Gasteiger partial charge in [-0.05, 0) is 43.7 Å². The molecular formula is C21H21F3N2O2. The molecule has 2 atom stereocenters. The Hall–Kier alpha value is -2.83. The van der Waals surface area contributed by atoms with Crippen molar-refractivity contribution in [3.8, 4) is 0 Å². The van der Waals surface area contributed by atoms with Crippen LogP contribution in [0.25, 0.3) is 0 Å². The van der Waals surface area contributed by atoms with E-state index in [-0.39, 0.29) is 37.1 Å². The Balaban J connectivity index is 1.69. The number of hydrogen-bond donors (Lipinski definition) is 0. The van der Waals surface area contributed by atoms with Gasteiger partial charge in [0.15, 0.2) is 11.6 Å². The molecule has 2 amide bonds. The molecule has 1 unspecified atom stereocenters. The minimum Gasteiger partial charge on any atom is -0.338 e. The van der Waals surface area contributed by atoms with Crippen LogP contribution in [-0.2, 0) is 4.79 Å². The number of nitrogens with zero attached hydrogens (tertiary/aromatic N) is 2. The first-order valence-electron chi connectivity index (χ1n) is 9.08. The molecule has 7 heteroatoms. The molecule has 2 aromatic carbocycles. The van der Waals surface area contributed by atoms with E-state index in [0.717, 1.165) is 12.1 Å². The molecule has 4 nitrogen and oxygen atoms in total. The molecule has 1 saturated heterocycles. The lowest BCUT2D eigenvalue weighted by Gasteiger charge is -2.40. The Bertz CT molecular complexity index is 903. The summed E-state index contributed by atoms with van der Waals surface area (Å²) in [4.78, 5) is 28.6. The number of carbonyl (C=O) groups is 2. The molecule has 3 rings (SSSR count). The fourth-order valence-corrected chi connectivity index (χ4v) is 3.49. The summed E-state index contributed by atoms with van der Waals surface area (Å²) in [5.41, 5.74) is 0.394. The van der Waals surface area contributed by atoms with Crippen LogP contribution in [0, 0.1) is 17.5 Å². The van der Waals surface area contributed by atoms with Gasteiger partial charge in [-0.15, -0.1) is 0 Å². The van der Waals surface area contributed by atoms with Gasteiger partial charge in [0.25, 0.3) is 5.91 Å². The van der Waals surface area contributed by atoms with Gasteiger partial charge in [0.2, 0.25) is 5.91 Å². The van der Waals surface area contributed by atoms with Crippen molar-refractivity contribution >= 4 is 11.8 Å². The van der Waals surface area contributed by atoms with Crippen molar-refractivity contribution in [1.29, 1.82) is 0 Å². The molecule has 0 radical (unpaired) electrons. The van der Waals surface area contributed by atoms with E-state index < -0.39 is 29.3 Å². The largest absolute Gasteiger partial charge is 0.338 e. The second kappa shape index (κ2) is 8.04. The van der Waals surface area contributed by atoms with Crippen LogP contribution in [0.4, 0.5) is 13.2 Å². The minimum atomic E-state index is -1.08. The Morgan fingerprint density at radius 3 is 2.36 bits per heavy atom. The first-order valence-corrected chi connectivity index (χ1v) is 9.08. The highest BCUT2D eigenvalue weighted by molar-refractivity contribution is 5.94. The van der Waals surface area contributed by atoms with Gasteiger partial charge in [0.05, 0.1) is 5.92 Å². The van der Waals surface area contributed by atoms with Gasteiger partial charge in [0, 0.05) is 31.2 Å². The van der Waals surface area contributed by atoms with Crippen molar-refractivity contribution in [2.24, 2.45) is 0 Å². The summed E-state index contributed by atoms with van der Waals surface area (Å²) in [6.45, 7) is 4.27. The summed E-state index contributed by atoms with van der Waals surface area (Å²) in [5.74, 6) is -3.78. The number of piperazine rings is 1. The van der Waals surface area contributed by atoms with E-state index in [9.17, 15) is 22.8 Å². The molecule has 2 aromatic rings. The van der Waals surface area contributed by atoms with Crippen molar-refractivity contribution in [3.05, 3.63) is 71.0 Å². The number of hydrogen-bond acceptors (Lipinski definition) is 2. The van der Waals surface area contributed by atoms with Crippen molar-refractivity contribution in [3.63, 3.8) is 0 Å². The number of amides is 2. The highest BCUT2D eigenvalue weighted by Gasteiger charge is 2.33. The number of benzene rings is 2. The molecule has 28 heavy (non-hydrogen) atoms. The van der Waals surface area contributed by atoms with Crippen LogP contribution >= 0.6 is 0 Å². The zero-order chi connectivity index (χ0) is 20.4.